The minimum atomic E-state index is -3.26. The van der Waals surface area contributed by atoms with Crippen LogP contribution in [0.15, 0.2) is 59.6 Å². The number of carbonyl (C=O) groups excluding carboxylic acids is 1. The molecule has 3 heterocycles. The summed E-state index contributed by atoms with van der Waals surface area (Å²) in [6, 6.07) is 14.5. The van der Waals surface area contributed by atoms with Crippen LogP contribution in [0.3, 0.4) is 0 Å². The van der Waals surface area contributed by atoms with Gasteiger partial charge in [-0.15, -0.1) is 0 Å². The highest BCUT2D eigenvalue weighted by Crippen LogP contribution is 2.45. The van der Waals surface area contributed by atoms with E-state index in [0.717, 1.165) is 34.1 Å². The van der Waals surface area contributed by atoms with Crippen molar-refractivity contribution in [2.24, 2.45) is 7.05 Å². The minimum absolute atomic E-state index is 0.242. The second-order valence-electron chi connectivity index (χ2n) is 9.63. The van der Waals surface area contributed by atoms with Crippen molar-refractivity contribution in [2.75, 3.05) is 24.3 Å². The molecule has 1 N–H and O–H groups in total. The lowest BCUT2D eigenvalue weighted by molar-refractivity contribution is 0.0944. The van der Waals surface area contributed by atoms with Gasteiger partial charge in [0.15, 0.2) is 9.84 Å². The molecule has 0 spiro atoms. The molecule has 0 bridgehead atoms. The van der Waals surface area contributed by atoms with E-state index < -0.39 is 9.84 Å². The van der Waals surface area contributed by atoms with Crippen LogP contribution in [-0.4, -0.2) is 48.5 Å². The van der Waals surface area contributed by atoms with E-state index in [2.05, 4.69) is 32.4 Å². The molecule has 1 amide bonds. The van der Waals surface area contributed by atoms with Crippen LogP contribution in [0.4, 0.5) is 11.4 Å². The second-order valence-corrected chi connectivity index (χ2v) is 11.7. The zero-order valence-corrected chi connectivity index (χ0v) is 21.5. The predicted molar refractivity (Wildman–Crippen MR) is 140 cm³/mol. The lowest BCUT2D eigenvalue weighted by atomic mass is 10.1. The normalized spacial score (nSPS) is 15.4. The number of hydrogen-bond donors (Lipinski definition) is 1. The number of nitrogens with zero attached hydrogens (tertiary/aromatic N) is 4. The summed E-state index contributed by atoms with van der Waals surface area (Å²) >= 11 is 0. The van der Waals surface area contributed by atoms with E-state index in [0.29, 0.717) is 24.9 Å². The number of sulfone groups is 1. The molecule has 10 heteroatoms. The van der Waals surface area contributed by atoms with Gasteiger partial charge in [0.25, 0.3) is 5.91 Å². The fraction of sp³-hybridized carbons (Fsp3) is 0.296. The molecule has 9 nitrogen and oxygen atoms in total. The standard InChI is InChI=1S/C27H27N5O4S/c1-31-24-13-19(18-5-6-18)14-25(21(24)16-29-31)32-11-12-36-27-23(32)10-9-22(30-27)26(33)28-15-17-3-7-20(8-4-17)37(2,34)35/h3-4,7-10,13-14,16,18H,5-6,11-12,15H2,1-2H3,(H,28,33). The van der Waals surface area contributed by atoms with Gasteiger partial charge in [-0.3, -0.25) is 9.48 Å². The van der Waals surface area contributed by atoms with Crippen LogP contribution in [0, 0.1) is 0 Å². The molecule has 0 radical (unpaired) electrons. The molecular weight excluding hydrogens is 490 g/mol. The number of carbonyl (C=O) groups is 1. The Bertz CT molecular complexity index is 1620. The largest absolute Gasteiger partial charge is 0.474 e. The number of benzene rings is 2. The summed E-state index contributed by atoms with van der Waals surface area (Å²) in [6.45, 7) is 1.37. The van der Waals surface area contributed by atoms with E-state index >= 15 is 0 Å². The van der Waals surface area contributed by atoms with Crippen LogP contribution >= 0.6 is 0 Å². The Morgan fingerprint density at radius 3 is 2.62 bits per heavy atom. The summed E-state index contributed by atoms with van der Waals surface area (Å²) in [5.74, 6) is 0.691. The molecule has 1 aliphatic carbocycles. The molecule has 2 aliphatic rings. The smallest absolute Gasteiger partial charge is 0.270 e. The van der Waals surface area contributed by atoms with E-state index in [-0.39, 0.29) is 23.0 Å². The van der Waals surface area contributed by atoms with Crippen LogP contribution in [0.25, 0.3) is 10.9 Å². The van der Waals surface area contributed by atoms with Gasteiger partial charge in [-0.1, -0.05) is 12.1 Å². The van der Waals surface area contributed by atoms with Gasteiger partial charge in [0, 0.05) is 25.2 Å². The topological polar surface area (TPSA) is 106 Å². The molecule has 2 aromatic carbocycles. The Kier molecular flexibility index (Phi) is 5.63. The van der Waals surface area contributed by atoms with Crippen molar-refractivity contribution >= 4 is 38.0 Å². The first-order valence-corrected chi connectivity index (χ1v) is 14.1. The van der Waals surface area contributed by atoms with E-state index in [1.165, 1.54) is 30.5 Å². The van der Waals surface area contributed by atoms with Crippen molar-refractivity contribution in [3.8, 4) is 5.88 Å². The van der Waals surface area contributed by atoms with Crippen molar-refractivity contribution in [3.05, 3.63) is 71.5 Å². The molecule has 37 heavy (non-hydrogen) atoms. The molecular formula is C27H27N5O4S. The number of aryl methyl sites for hydroxylation is 1. The molecule has 190 valence electrons. The Labute approximate surface area is 215 Å². The van der Waals surface area contributed by atoms with Crippen molar-refractivity contribution < 1.29 is 17.9 Å². The van der Waals surface area contributed by atoms with Gasteiger partial charge in [0.2, 0.25) is 5.88 Å². The van der Waals surface area contributed by atoms with Gasteiger partial charge in [-0.25, -0.2) is 13.4 Å². The van der Waals surface area contributed by atoms with Gasteiger partial charge in [0.1, 0.15) is 18.0 Å². The first-order chi connectivity index (χ1) is 17.8. The lowest BCUT2D eigenvalue weighted by Gasteiger charge is -2.31. The summed E-state index contributed by atoms with van der Waals surface area (Å²) in [5, 5.41) is 8.41. The zero-order chi connectivity index (χ0) is 25.7. The predicted octanol–water partition coefficient (Wildman–Crippen LogP) is 3.71. The van der Waals surface area contributed by atoms with Gasteiger partial charge in [0.05, 0.1) is 28.8 Å². The van der Waals surface area contributed by atoms with Crippen molar-refractivity contribution in [1.82, 2.24) is 20.1 Å². The summed E-state index contributed by atoms with van der Waals surface area (Å²) in [5.41, 5.74) is 5.36. The van der Waals surface area contributed by atoms with Crippen LogP contribution in [0.1, 0.15) is 40.4 Å². The van der Waals surface area contributed by atoms with Crippen LogP contribution in [0.2, 0.25) is 0 Å². The number of ether oxygens (including phenoxy) is 1. The van der Waals surface area contributed by atoms with Gasteiger partial charge < -0.3 is 15.0 Å². The summed E-state index contributed by atoms with van der Waals surface area (Å²) in [4.78, 5) is 19.8. The lowest BCUT2D eigenvalue weighted by Crippen LogP contribution is -2.30. The number of aromatic nitrogens is 3. The summed E-state index contributed by atoms with van der Waals surface area (Å²) < 4.78 is 31.1. The maximum absolute atomic E-state index is 12.8. The second kappa shape index (κ2) is 8.88. The Balaban J connectivity index is 1.24. The molecule has 0 saturated heterocycles. The summed E-state index contributed by atoms with van der Waals surface area (Å²) in [6.07, 6.45) is 5.49. The van der Waals surface area contributed by atoms with E-state index in [4.69, 9.17) is 4.74 Å². The average Bonchev–Trinajstić information content (AvgIpc) is 3.68. The van der Waals surface area contributed by atoms with Crippen molar-refractivity contribution in [3.63, 3.8) is 0 Å². The highest BCUT2D eigenvalue weighted by Gasteiger charge is 2.29. The van der Waals surface area contributed by atoms with Gasteiger partial charge in [-0.2, -0.15) is 5.10 Å². The number of pyridine rings is 1. The highest BCUT2D eigenvalue weighted by atomic mass is 32.2. The Morgan fingerprint density at radius 2 is 1.89 bits per heavy atom. The minimum Gasteiger partial charge on any atom is -0.474 e. The molecule has 2 aromatic heterocycles. The van der Waals surface area contributed by atoms with E-state index in [1.807, 2.05) is 24.0 Å². The Hall–Kier alpha value is -3.92. The molecule has 0 atom stereocenters. The summed E-state index contributed by atoms with van der Waals surface area (Å²) in [7, 11) is -1.30. The quantitative estimate of drug-likeness (QED) is 0.416. The average molecular weight is 518 g/mol. The molecule has 4 aromatic rings. The highest BCUT2D eigenvalue weighted by molar-refractivity contribution is 7.90. The third-order valence-electron chi connectivity index (χ3n) is 6.93. The van der Waals surface area contributed by atoms with Gasteiger partial charge >= 0.3 is 0 Å². The third kappa shape index (κ3) is 4.53. The molecule has 0 unspecified atom stereocenters. The number of anilines is 2. The van der Waals surface area contributed by atoms with Crippen LogP contribution < -0.4 is 15.0 Å². The SMILES string of the molecule is Cn1ncc2c(N3CCOc4nc(C(=O)NCc5ccc(S(C)(=O)=O)cc5)ccc43)cc(C3CC3)cc21. The fourth-order valence-corrected chi connectivity index (χ4v) is 5.36. The number of hydrogen-bond acceptors (Lipinski definition) is 7. The third-order valence-corrected chi connectivity index (χ3v) is 8.06. The molecule has 6 rings (SSSR count). The van der Waals surface area contributed by atoms with Crippen LogP contribution in [-0.2, 0) is 23.4 Å². The molecule has 1 fully saturated rings. The van der Waals surface area contributed by atoms with Crippen molar-refractivity contribution in [1.29, 1.82) is 0 Å². The molecule has 1 saturated carbocycles. The first kappa shape index (κ1) is 23.5. The first-order valence-electron chi connectivity index (χ1n) is 12.2. The van der Waals surface area contributed by atoms with Crippen LogP contribution in [0.5, 0.6) is 5.88 Å². The number of fused-ring (bicyclic) bond motifs is 2. The number of amides is 1. The maximum atomic E-state index is 12.8. The fourth-order valence-electron chi connectivity index (χ4n) is 4.73. The number of rotatable bonds is 6. The monoisotopic (exact) mass is 517 g/mol. The van der Waals surface area contributed by atoms with E-state index in [1.54, 1.807) is 18.2 Å². The van der Waals surface area contributed by atoms with E-state index in [9.17, 15) is 13.2 Å². The zero-order valence-electron chi connectivity index (χ0n) is 20.6. The molecule has 1 aliphatic heterocycles. The number of nitrogens with one attached hydrogen (secondary N) is 1. The Morgan fingerprint density at radius 1 is 1.11 bits per heavy atom. The van der Waals surface area contributed by atoms with Crippen molar-refractivity contribution in [2.45, 2.75) is 30.2 Å². The van der Waals surface area contributed by atoms with Gasteiger partial charge in [-0.05, 0) is 66.3 Å². The maximum Gasteiger partial charge on any atom is 0.270 e.